The summed E-state index contributed by atoms with van der Waals surface area (Å²) in [6, 6.07) is 5.18. The molecule has 1 N–H and O–H groups in total. The van der Waals surface area contributed by atoms with Gasteiger partial charge in [0.15, 0.2) is 0 Å². The van der Waals surface area contributed by atoms with Crippen molar-refractivity contribution in [1.29, 1.82) is 0 Å². The number of nitrogens with zero attached hydrogens (tertiary/aromatic N) is 4. The molecule has 0 bridgehead atoms. The molecule has 2 aromatic heterocycles. The number of hydrogen-bond acceptors (Lipinski definition) is 8. The number of halogens is 4. The maximum atomic E-state index is 14.2. The van der Waals surface area contributed by atoms with Gasteiger partial charge in [0.1, 0.15) is 17.6 Å². The van der Waals surface area contributed by atoms with Crippen LogP contribution in [-0.2, 0) is 0 Å². The van der Waals surface area contributed by atoms with Crippen molar-refractivity contribution in [1.82, 2.24) is 25.2 Å². The fourth-order valence-electron chi connectivity index (χ4n) is 4.02. The average Bonchev–Trinajstić information content (AvgIpc) is 3.35. The van der Waals surface area contributed by atoms with E-state index < -0.39 is 24.2 Å². The number of carbonyl (C=O) groups is 1. The number of methoxy groups -OCH3 is 1. The molecule has 1 aliphatic heterocycles. The van der Waals surface area contributed by atoms with Crippen LogP contribution in [-0.4, -0.2) is 58.6 Å². The van der Waals surface area contributed by atoms with E-state index in [4.69, 9.17) is 21.1 Å². The van der Waals surface area contributed by atoms with Gasteiger partial charge in [0.2, 0.25) is 5.88 Å². The summed E-state index contributed by atoms with van der Waals surface area (Å²) in [6.07, 6.45) is -0.187. The van der Waals surface area contributed by atoms with E-state index in [0.29, 0.717) is 36.7 Å². The van der Waals surface area contributed by atoms with Crippen molar-refractivity contribution in [2.24, 2.45) is 0 Å². The van der Waals surface area contributed by atoms with E-state index in [-0.39, 0.29) is 34.9 Å². The van der Waals surface area contributed by atoms with Gasteiger partial charge >= 0.3 is 6.01 Å². The molecular formula is C23H23ClF3N5O3S. The first-order valence-corrected chi connectivity index (χ1v) is 12.3. The van der Waals surface area contributed by atoms with Crippen LogP contribution in [0.15, 0.2) is 36.0 Å². The average molecular weight is 542 g/mol. The zero-order valence-electron chi connectivity index (χ0n) is 19.2. The molecule has 8 nitrogen and oxygen atoms in total. The molecule has 1 amide bonds. The second kappa shape index (κ2) is 11.8. The predicted octanol–water partition coefficient (Wildman–Crippen LogP) is 4.69. The number of rotatable bonds is 9. The van der Waals surface area contributed by atoms with Gasteiger partial charge in [-0.1, -0.05) is 17.7 Å². The van der Waals surface area contributed by atoms with Crippen LogP contribution < -0.4 is 14.8 Å². The first-order chi connectivity index (χ1) is 17.4. The van der Waals surface area contributed by atoms with Gasteiger partial charge in [-0.05, 0) is 25.0 Å². The van der Waals surface area contributed by atoms with E-state index in [2.05, 4.69) is 20.3 Å². The van der Waals surface area contributed by atoms with Gasteiger partial charge in [-0.15, -0.1) is 11.3 Å². The van der Waals surface area contributed by atoms with Crippen molar-refractivity contribution in [3.8, 4) is 11.9 Å². The summed E-state index contributed by atoms with van der Waals surface area (Å²) in [5.41, 5.74) is 0.746. The lowest BCUT2D eigenvalue weighted by Gasteiger charge is -2.37. The van der Waals surface area contributed by atoms with Gasteiger partial charge < -0.3 is 14.8 Å². The fraction of sp³-hybridized carbons (Fsp3) is 0.391. The van der Waals surface area contributed by atoms with Gasteiger partial charge in [-0.3, -0.25) is 9.69 Å². The molecule has 13 heteroatoms. The predicted molar refractivity (Wildman–Crippen MR) is 127 cm³/mol. The monoisotopic (exact) mass is 541 g/mol. The number of benzene rings is 1. The van der Waals surface area contributed by atoms with Crippen LogP contribution in [0.2, 0.25) is 5.02 Å². The van der Waals surface area contributed by atoms with Crippen LogP contribution in [0, 0.1) is 5.82 Å². The van der Waals surface area contributed by atoms with E-state index >= 15 is 0 Å². The zero-order chi connectivity index (χ0) is 25.7. The lowest BCUT2D eigenvalue weighted by atomic mass is 10.0. The molecule has 0 aliphatic carbocycles. The van der Waals surface area contributed by atoms with Gasteiger partial charge in [0.05, 0.1) is 34.1 Å². The number of carbonyl (C=O) groups excluding carboxylic acids is 1. The number of alkyl halides is 2. The molecule has 0 radical (unpaired) electrons. The Bertz CT molecular complexity index is 1170. The number of ether oxygens (including phenoxy) is 2. The third-order valence-electron chi connectivity index (χ3n) is 5.77. The van der Waals surface area contributed by atoms with E-state index in [1.165, 1.54) is 30.9 Å². The molecule has 3 aromatic rings. The Balaban J connectivity index is 1.47. The van der Waals surface area contributed by atoms with Crippen LogP contribution in [0.3, 0.4) is 0 Å². The summed E-state index contributed by atoms with van der Waals surface area (Å²) in [6.45, 7) is 0.989. The second-order valence-corrected chi connectivity index (χ2v) is 9.25. The lowest BCUT2D eigenvalue weighted by molar-refractivity contribution is 0.0677. The summed E-state index contributed by atoms with van der Waals surface area (Å²) in [7, 11) is 1.46. The van der Waals surface area contributed by atoms with Gasteiger partial charge in [0, 0.05) is 31.9 Å². The van der Waals surface area contributed by atoms with Crippen molar-refractivity contribution in [2.75, 3.05) is 26.7 Å². The normalized spacial score (nSPS) is 15.6. The number of thiazole rings is 1. The highest BCUT2D eigenvalue weighted by atomic mass is 35.5. The highest BCUT2D eigenvalue weighted by Crippen LogP contribution is 2.34. The molecule has 1 unspecified atom stereocenters. The Morgan fingerprint density at radius 2 is 2.06 bits per heavy atom. The van der Waals surface area contributed by atoms with Gasteiger partial charge in [0.25, 0.3) is 12.3 Å². The topological polar surface area (TPSA) is 89.5 Å². The molecule has 192 valence electrons. The Morgan fingerprint density at radius 3 is 2.75 bits per heavy atom. The molecule has 1 aromatic carbocycles. The van der Waals surface area contributed by atoms with Crippen molar-refractivity contribution in [3.05, 3.63) is 62.9 Å². The number of hydrogen-bond donors (Lipinski definition) is 1. The van der Waals surface area contributed by atoms with Crippen molar-refractivity contribution < 1.29 is 27.4 Å². The molecule has 1 saturated heterocycles. The number of nitrogens with one attached hydrogen (secondary N) is 1. The summed E-state index contributed by atoms with van der Waals surface area (Å²) in [4.78, 5) is 27.0. The van der Waals surface area contributed by atoms with Crippen molar-refractivity contribution in [3.63, 3.8) is 0 Å². The molecule has 4 rings (SSSR count). The highest BCUT2D eigenvalue weighted by molar-refractivity contribution is 7.09. The van der Waals surface area contributed by atoms with Crippen molar-refractivity contribution in [2.45, 2.75) is 31.4 Å². The van der Waals surface area contributed by atoms with E-state index in [9.17, 15) is 18.0 Å². The lowest BCUT2D eigenvalue weighted by Crippen LogP contribution is -2.44. The fourth-order valence-corrected chi connectivity index (χ4v) is 5.20. The van der Waals surface area contributed by atoms with Crippen LogP contribution in [0.4, 0.5) is 13.2 Å². The second-order valence-electron chi connectivity index (χ2n) is 7.96. The minimum absolute atomic E-state index is 0.0277. The first kappa shape index (κ1) is 26.1. The van der Waals surface area contributed by atoms with Gasteiger partial charge in [-0.25, -0.2) is 23.1 Å². The summed E-state index contributed by atoms with van der Waals surface area (Å²) in [5, 5.41) is 2.63. The zero-order valence-corrected chi connectivity index (χ0v) is 20.7. The molecular weight excluding hydrogens is 519 g/mol. The van der Waals surface area contributed by atoms with Crippen LogP contribution in [0.1, 0.15) is 46.2 Å². The molecule has 1 aliphatic rings. The Hall–Kier alpha value is -2.96. The Labute approximate surface area is 214 Å². The molecule has 0 spiro atoms. The minimum atomic E-state index is -2.76. The van der Waals surface area contributed by atoms with E-state index in [1.807, 2.05) is 4.90 Å². The summed E-state index contributed by atoms with van der Waals surface area (Å²) in [5.74, 6) is -1.10. The van der Waals surface area contributed by atoms with Gasteiger partial charge in [-0.2, -0.15) is 4.98 Å². The maximum Gasteiger partial charge on any atom is 0.319 e. The minimum Gasteiger partial charge on any atom is -0.474 e. The van der Waals surface area contributed by atoms with Crippen LogP contribution in [0.5, 0.6) is 11.9 Å². The molecule has 1 atom stereocenters. The number of likely N-dealkylation sites (tertiary alicyclic amines) is 1. The largest absolute Gasteiger partial charge is 0.474 e. The third-order valence-corrected chi connectivity index (χ3v) is 7.04. The Kier molecular flexibility index (Phi) is 8.60. The molecule has 3 heterocycles. The first-order valence-electron chi connectivity index (χ1n) is 11.1. The summed E-state index contributed by atoms with van der Waals surface area (Å²) < 4.78 is 52.5. The van der Waals surface area contributed by atoms with E-state index in [1.54, 1.807) is 6.07 Å². The molecule has 0 saturated carbocycles. The smallest absolute Gasteiger partial charge is 0.319 e. The quantitative estimate of drug-likeness (QED) is 0.420. The number of aromatic nitrogens is 3. The maximum absolute atomic E-state index is 14.2. The summed E-state index contributed by atoms with van der Waals surface area (Å²) >= 11 is 7.10. The molecule has 36 heavy (non-hydrogen) atoms. The molecule has 1 fully saturated rings. The third kappa shape index (κ3) is 6.05. The SMILES string of the molecule is COc1nccc(OC2CCN(C(CNC(=O)c3c(F)cccc3Cl)c3scnc3C(F)F)CC2)n1. The Morgan fingerprint density at radius 1 is 1.28 bits per heavy atom. The van der Waals surface area contributed by atoms with Crippen LogP contribution in [0.25, 0.3) is 0 Å². The number of amides is 1. The van der Waals surface area contributed by atoms with Crippen molar-refractivity contribution >= 4 is 28.8 Å². The van der Waals surface area contributed by atoms with E-state index in [0.717, 1.165) is 17.4 Å². The highest BCUT2D eigenvalue weighted by Gasteiger charge is 2.32. The van der Waals surface area contributed by atoms with Crippen LogP contribution >= 0.6 is 22.9 Å². The standard InChI is InChI=1S/C23H23ClF3N5O3S/c1-34-23-28-8-5-17(31-23)35-13-6-9-32(10-7-13)16(20-19(21(26)27)30-12-36-20)11-29-22(33)18-14(24)3-2-4-15(18)25/h2-5,8,12-13,16,21H,6-7,9-11H2,1H3,(H,29,33). The number of piperidine rings is 1.